The summed E-state index contributed by atoms with van der Waals surface area (Å²) in [6.07, 6.45) is -1.69. The van der Waals surface area contributed by atoms with Gasteiger partial charge in [-0.1, -0.05) is 13.8 Å². The molecule has 0 saturated heterocycles. The molecule has 11 heteroatoms. The van der Waals surface area contributed by atoms with Crippen molar-refractivity contribution >= 4 is 5.91 Å². The van der Waals surface area contributed by atoms with Crippen molar-refractivity contribution in [3.63, 3.8) is 0 Å². The Morgan fingerprint density at radius 2 is 2.03 bits per heavy atom. The molecule has 0 spiro atoms. The zero-order chi connectivity index (χ0) is 22.8. The normalized spacial score (nSPS) is 11.6. The van der Waals surface area contributed by atoms with Gasteiger partial charge in [0, 0.05) is 12.3 Å². The van der Waals surface area contributed by atoms with Gasteiger partial charge in [-0.15, -0.1) is 10.2 Å². The SMILES string of the molecule is COc1cc(O)c(-c2nnc(C(=O)NCC(F)(F)F)n2-c2cccnc2)cc1C(C)C. The van der Waals surface area contributed by atoms with E-state index in [2.05, 4.69) is 15.2 Å². The number of amides is 1. The Bertz CT molecular complexity index is 1080. The van der Waals surface area contributed by atoms with Crippen LogP contribution in [0.3, 0.4) is 0 Å². The lowest BCUT2D eigenvalue weighted by molar-refractivity contribution is -0.123. The number of benzene rings is 1. The number of halogens is 3. The van der Waals surface area contributed by atoms with Crippen LogP contribution in [-0.2, 0) is 0 Å². The van der Waals surface area contributed by atoms with Crippen molar-refractivity contribution in [2.24, 2.45) is 0 Å². The standard InChI is InChI=1S/C20H20F3N5O3/c1-11(2)13-7-14(15(29)8-16(13)31-3)17-26-27-18(19(30)25-10-20(21,22)23)28(17)12-5-4-6-24-9-12/h4-9,11,29H,10H2,1-3H3,(H,25,30). The third-order valence-electron chi connectivity index (χ3n) is 4.43. The number of carbonyl (C=O) groups excluding carboxylic acids is 1. The number of rotatable bonds is 6. The summed E-state index contributed by atoms with van der Waals surface area (Å²) in [4.78, 5) is 16.4. The number of methoxy groups -OCH3 is 1. The van der Waals surface area contributed by atoms with E-state index in [0.29, 0.717) is 11.4 Å². The highest BCUT2D eigenvalue weighted by Crippen LogP contribution is 2.38. The predicted molar refractivity (Wildman–Crippen MR) is 105 cm³/mol. The van der Waals surface area contributed by atoms with Crippen LogP contribution in [0.5, 0.6) is 11.5 Å². The third kappa shape index (κ3) is 4.76. The maximum Gasteiger partial charge on any atom is 0.405 e. The fourth-order valence-electron chi connectivity index (χ4n) is 2.99. The molecular formula is C20H20F3N5O3. The molecule has 0 atom stereocenters. The molecule has 8 nitrogen and oxygen atoms in total. The van der Waals surface area contributed by atoms with Crippen molar-refractivity contribution in [1.29, 1.82) is 0 Å². The van der Waals surface area contributed by atoms with E-state index in [9.17, 15) is 23.1 Å². The Morgan fingerprint density at radius 3 is 2.61 bits per heavy atom. The van der Waals surface area contributed by atoms with Gasteiger partial charge in [0.05, 0.1) is 24.6 Å². The van der Waals surface area contributed by atoms with Gasteiger partial charge >= 0.3 is 6.18 Å². The molecule has 2 N–H and O–H groups in total. The zero-order valence-corrected chi connectivity index (χ0v) is 16.9. The summed E-state index contributed by atoms with van der Waals surface area (Å²) in [5.74, 6) is -1.09. The lowest BCUT2D eigenvalue weighted by Gasteiger charge is -2.16. The minimum absolute atomic E-state index is 0.0265. The molecule has 0 saturated carbocycles. The van der Waals surface area contributed by atoms with Crippen molar-refractivity contribution in [1.82, 2.24) is 25.1 Å². The molecule has 0 unspecified atom stereocenters. The number of hydrogen-bond acceptors (Lipinski definition) is 6. The number of phenolic OH excluding ortho intramolecular Hbond substituents is 1. The lowest BCUT2D eigenvalue weighted by atomic mass is 9.98. The van der Waals surface area contributed by atoms with Gasteiger partial charge in [0.2, 0.25) is 5.82 Å². The van der Waals surface area contributed by atoms with Crippen LogP contribution >= 0.6 is 0 Å². The lowest BCUT2D eigenvalue weighted by Crippen LogP contribution is -2.35. The van der Waals surface area contributed by atoms with E-state index in [1.807, 2.05) is 13.8 Å². The number of aromatic hydroxyl groups is 1. The zero-order valence-electron chi connectivity index (χ0n) is 16.9. The number of nitrogens with zero attached hydrogens (tertiary/aromatic N) is 4. The summed E-state index contributed by atoms with van der Waals surface area (Å²) in [6, 6.07) is 6.23. The van der Waals surface area contributed by atoms with Crippen LogP contribution in [0.2, 0.25) is 0 Å². The molecule has 2 aromatic heterocycles. The van der Waals surface area contributed by atoms with Crippen LogP contribution in [0.15, 0.2) is 36.7 Å². The Morgan fingerprint density at radius 1 is 1.29 bits per heavy atom. The number of phenols is 1. The van der Waals surface area contributed by atoms with Crippen molar-refractivity contribution in [2.45, 2.75) is 25.9 Å². The first kappa shape index (κ1) is 22.1. The first-order chi connectivity index (χ1) is 14.6. The van der Waals surface area contributed by atoms with Gasteiger partial charge in [-0.2, -0.15) is 13.2 Å². The summed E-state index contributed by atoms with van der Waals surface area (Å²) >= 11 is 0. The summed E-state index contributed by atoms with van der Waals surface area (Å²) in [5.41, 5.74) is 1.33. The largest absolute Gasteiger partial charge is 0.507 e. The molecule has 3 rings (SSSR count). The van der Waals surface area contributed by atoms with Crippen molar-refractivity contribution in [3.05, 3.63) is 48.0 Å². The number of hydrogen-bond donors (Lipinski definition) is 2. The molecule has 0 bridgehead atoms. The highest BCUT2D eigenvalue weighted by molar-refractivity contribution is 5.92. The topological polar surface area (TPSA) is 102 Å². The van der Waals surface area contributed by atoms with Crippen LogP contribution in [0.25, 0.3) is 17.1 Å². The first-order valence-electron chi connectivity index (χ1n) is 9.24. The molecule has 31 heavy (non-hydrogen) atoms. The molecule has 0 aliphatic carbocycles. The summed E-state index contributed by atoms with van der Waals surface area (Å²) in [6.45, 7) is 2.34. The second-order valence-electron chi connectivity index (χ2n) is 6.96. The molecule has 1 aromatic carbocycles. The molecule has 0 aliphatic rings. The number of alkyl halides is 3. The highest BCUT2D eigenvalue weighted by Gasteiger charge is 2.30. The average molecular weight is 435 g/mol. The molecule has 164 valence electrons. The summed E-state index contributed by atoms with van der Waals surface area (Å²) in [7, 11) is 1.47. The van der Waals surface area contributed by atoms with Gasteiger partial charge in [0.1, 0.15) is 18.0 Å². The second kappa shape index (κ2) is 8.62. The molecule has 1 amide bonds. The van der Waals surface area contributed by atoms with Crippen LogP contribution in [0.1, 0.15) is 35.9 Å². The number of pyridine rings is 1. The minimum Gasteiger partial charge on any atom is -0.507 e. The van der Waals surface area contributed by atoms with Crippen molar-refractivity contribution in [2.75, 3.05) is 13.7 Å². The second-order valence-corrected chi connectivity index (χ2v) is 6.96. The van der Waals surface area contributed by atoms with Crippen LogP contribution in [0, 0.1) is 0 Å². The summed E-state index contributed by atoms with van der Waals surface area (Å²) in [5, 5.41) is 20.1. The molecule has 3 aromatic rings. The van der Waals surface area contributed by atoms with Gasteiger partial charge in [-0.05, 0) is 29.7 Å². The number of carbonyl (C=O) groups is 1. The maximum atomic E-state index is 12.6. The number of nitrogens with one attached hydrogen (secondary N) is 1. The van der Waals surface area contributed by atoms with Crippen LogP contribution < -0.4 is 10.1 Å². The van der Waals surface area contributed by atoms with E-state index in [1.165, 1.54) is 30.1 Å². The summed E-state index contributed by atoms with van der Waals surface area (Å²) < 4.78 is 44.2. The average Bonchev–Trinajstić information content (AvgIpc) is 3.16. The Kier molecular flexibility index (Phi) is 6.14. The van der Waals surface area contributed by atoms with Gasteiger partial charge in [0.25, 0.3) is 5.91 Å². The number of aromatic nitrogens is 4. The molecule has 2 heterocycles. The fraction of sp³-hybridized carbons (Fsp3) is 0.300. The quantitative estimate of drug-likeness (QED) is 0.615. The Balaban J connectivity index is 2.17. The van der Waals surface area contributed by atoms with Crippen LogP contribution in [-0.4, -0.2) is 50.6 Å². The Hall–Kier alpha value is -3.63. The third-order valence-corrected chi connectivity index (χ3v) is 4.43. The fourth-order valence-corrected chi connectivity index (χ4v) is 2.99. The van der Waals surface area contributed by atoms with Crippen molar-refractivity contribution in [3.8, 4) is 28.6 Å². The molecule has 0 aliphatic heterocycles. The van der Waals surface area contributed by atoms with Gasteiger partial charge in [-0.25, -0.2) is 0 Å². The molecular weight excluding hydrogens is 415 g/mol. The van der Waals surface area contributed by atoms with Gasteiger partial charge in [0.15, 0.2) is 5.82 Å². The highest BCUT2D eigenvalue weighted by atomic mass is 19.4. The van der Waals surface area contributed by atoms with Crippen LogP contribution in [0.4, 0.5) is 13.2 Å². The van der Waals surface area contributed by atoms with E-state index in [1.54, 1.807) is 23.5 Å². The first-order valence-corrected chi connectivity index (χ1v) is 9.24. The number of ether oxygens (including phenoxy) is 1. The van der Waals surface area contributed by atoms with Gasteiger partial charge < -0.3 is 15.2 Å². The predicted octanol–water partition coefficient (Wildman–Crippen LogP) is 3.46. The van der Waals surface area contributed by atoms with Gasteiger partial charge in [-0.3, -0.25) is 14.3 Å². The maximum absolute atomic E-state index is 12.6. The Labute approximate surface area is 175 Å². The molecule has 0 radical (unpaired) electrons. The van der Waals surface area contributed by atoms with E-state index in [-0.39, 0.29) is 28.9 Å². The van der Waals surface area contributed by atoms with E-state index < -0.39 is 18.6 Å². The van der Waals surface area contributed by atoms with Crippen molar-refractivity contribution < 1.29 is 27.8 Å². The van der Waals surface area contributed by atoms with E-state index in [4.69, 9.17) is 4.74 Å². The monoisotopic (exact) mass is 435 g/mol. The molecule has 0 fully saturated rings. The minimum atomic E-state index is -4.59. The smallest absolute Gasteiger partial charge is 0.405 e. The van der Waals surface area contributed by atoms with E-state index >= 15 is 0 Å². The van der Waals surface area contributed by atoms with E-state index in [0.717, 1.165) is 5.56 Å².